The SMILES string of the molecule is CCCCCCCCCCCCCCCCCCOC(=O)C(N)CCC(=O)[O-].[Ag+]. The monoisotopic (exact) mass is 505 g/mol. The Morgan fingerprint density at radius 2 is 1.14 bits per heavy atom. The molecule has 2 N–H and O–H groups in total. The molecule has 0 fully saturated rings. The number of hydrogen-bond acceptors (Lipinski definition) is 5. The number of carboxylic acid groups (broad SMARTS) is 1. The summed E-state index contributed by atoms with van der Waals surface area (Å²) in [5, 5.41) is 10.3. The largest absolute Gasteiger partial charge is 1.00 e. The summed E-state index contributed by atoms with van der Waals surface area (Å²) in [7, 11) is 0. The van der Waals surface area contributed by atoms with Crippen molar-refractivity contribution in [1.29, 1.82) is 0 Å². The molecule has 0 aliphatic heterocycles. The number of hydrogen-bond donors (Lipinski definition) is 1. The Hall–Kier alpha value is -0.360. The number of carboxylic acids is 1. The number of carbonyl (C=O) groups excluding carboxylic acids is 2. The van der Waals surface area contributed by atoms with Crippen molar-refractivity contribution in [3.05, 3.63) is 0 Å². The van der Waals surface area contributed by atoms with E-state index in [0.717, 1.165) is 12.8 Å². The molecule has 0 saturated carbocycles. The van der Waals surface area contributed by atoms with Crippen molar-refractivity contribution in [3.63, 3.8) is 0 Å². The van der Waals surface area contributed by atoms with E-state index in [2.05, 4.69) is 6.92 Å². The van der Waals surface area contributed by atoms with E-state index in [4.69, 9.17) is 10.5 Å². The molecule has 0 aliphatic carbocycles. The Morgan fingerprint density at radius 3 is 1.52 bits per heavy atom. The zero-order valence-corrected chi connectivity index (χ0v) is 20.0. The number of aliphatic carboxylic acids is 1. The average molecular weight is 506 g/mol. The average Bonchev–Trinajstić information content (AvgIpc) is 2.68. The molecule has 0 heterocycles. The Balaban J connectivity index is 0. The molecule has 0 spiro atoms. The van der Waals surface area contributed by atoms with Crippen LogP contribution in [0, 0.1) is 0 Å². The van der Waals surface area contributed by atoms with Gasteiger partial charge in [0.15, 0.2) is 0 Å². The van der Waals surface area contributed by atoms with Gasteiger partial charge in [-0.1, -0.05) is 103 Å². The first-order valence-corrected chi connectivity index (χ1v) is 11.7. The van der Waals surface area contributed by atoms with Gasteiger partial charge in [0.1, 0.15) is 6.04 Å². The number of unbranched alkanes of at least 4 members (excludes halogenated alkanes) is 15. The maximum absolute atomic E-state index is 11.6. The van der Waals surface area contributed by atoms with Crippen LogP contribution in [0.15, 0.2) is 0 Å². The van der Waals surface area contributed by atoms with E-state index in [1.54, 1.807) is 0 Å². The Bertz CT molecular complexity index is 380. The van der Waals surface area contributed by atoms with Crippen molar-refractivity contribution < 1.29 is 41.8 Å². The van der Waals surface area contributed by atoms with Gasteiger partial charge in [-0.05, 0) is 19.3 Å². The van der Waals surface area contributed by atoms with Gasteiger partial charge in [-0.2, -0.15) is 0 Å². The molecule has 0 bridgehead atoms. The van der Waals surface area contributed by atoms with E-state index in [0.29, 0.717) is 6.61 Å². The maximum Gasteiger partial charge on any atom is 1.00 e. The number of esters is 1. The first-order chi connectivity index (χ1) is 13.6. The molecule has 0 amide bonds. The number of carbonyl (C=O) groups is 2. The molecule has 0 aromatic rings. The fourth-order valence-electron chi connectivity index (χ4n) is 3.32. The summed E-state index contributed by atoms with van der Waals surface area (Å²) in [6.07, 6.45) is 20.7. The summed E-state index contributed by atoms with van der Waals surface area (Å²) in [6.45, 7) is 2.64. The van der Waals surface area contributed by atoms with Crippen molar-refractivity contribution in [2.24, 2.45) is 5.73 Å². The first kappa shape index (κ1) is 30.8. The fraction of sp³-hybridized carbons (Fsp3) is 0.913. The smallest absolute Gasteiger partial charge is 0.550 e. The minimum absolute atomic E-state index is 0. The van der Waals surface area contributed by atoms with E-state index in [-0.39, 0.29) is 35.2 Å². The second-order valence-electron chi connectivity index (χ2n) is 7.99. The summed E-state index contributed by atoms with van der Waals surface area (Å²) in [5.74, 6) is -1.71. The van der Waals surface area contributed by atoms with Gasteiger partial charge in [0.25, 0.3) is 0 Å². The minimum Gasteiger partial charge on any atom is -0.550 e. The van der Waals surface area contributed by atoms with Crippen molar-refractivity contribution in [2.75, 3.05) is 6.61 Å². The van der Waals surface area contributed by atoms with Gasteiger partial charge in [-0.25, -0.2) is 0 Å². The van der Waals surface area contributed by atoms with E-state index < -0.39 is 18.0 Å². The second kappa shape index (κ2) is 23.9. The molecule has 1 atom stereocenters. The van der Waals surface area contributed by atoms with Crippen LogP contribution in [0.5, 0.6) is 0 Å². The van der Waals surface area contributed by atoms with Crippen molar-refractivity contribution in [1.82, 2.24) is 0 Å². The third kappa shape index (κ3) is 23.8. The van der Waals surface area contributed by atoms with Crippen LogP contribution in [-0.4, -0.2) is 24.6 Å². The number of rotatable bonds is 21. The number of ether oxygens (including phenoxy) is 1. The van der Waals surface area contributed by atoms with Crippen LogP contribution in [0.3, 0.4) is 0 Å². The van der Waals surface area contributed by atoms with Crippen molar-refractivity contribution in [2.45, 2.75) is 129 Å². The third-order valence-corrected chi connectivity index (χ3v) is 5.20. The Labute approximate surface area is 194 Å². The van der Waals surface area contributed by atoms with Crippen molar-refractivity contribution in [3.8, 4) is 0 Å². The third-order valence-electron chi connectivity index (χ3n) is 5.20. The van der Waals surface area contributed by atoms with Crippen LogP contribution < -0.4 is 10.8 Å². The Kier molecular flexibility index (Phi) is 25.4. The van der Waals surface area contributed by atoms with Gasteiger partial charge in [-0.3, -0.25) is 4.79 Å². The molecule has 0 saturated heterocycles. The van der Waals surface area contributed by atoms with Gasteiger partial charge in [-0.15, -0.1) is 0 Å². The molecular weight excluding hydrogens is 462 g/mol. The van der Waals surface area contributed by atoms with Crippen LogP contribution in [0.4, 0.5) is 0 Å². The number of nitrogens with two attached hydrogens (primary N) is 1. The van der Waals surface area contributed by atoms with Gasteiger partial charge >= 0.3 is 28.3 Å². The molecule has 0 aromatic carbocycles. The first-order valence-electron chi connectivity index (χ1n) is 11.7. The summed E-state index contributed by atoms with van der Waals surface area (Å²) in [5.41, 5.74) is 5.57. The molecule has 176 valence electrons. The van der Waals surface area contributed by atoms with Crippen LogP contribution in [0.2, 0.25) is 0 Å². The van der Waals surface area contributed by atoms with E-state index in [9.17, 15) is 14.7 Å². The van der Waals surface area contributed by atoms with Crippen molar-refractivity contribution >= 4 is 11.9 Å². The van der Waals surface area contributed by atoms with E-state index >= 15 is 0 Å². The molecule has 6 heteroatoms. The zero-order chi connectivity index (χ0) is 20.9. The maximum atomic E-state index is 11.6. The molecule has 0 aromatic heterocycles. The van der Waals surface area contributed by atoms with Crippen LogP contribution in [0.25, 0.3) is 0 Å². The molecule has 29 heavy (non-hydrogen) atoms. The van der Waals surface area contributed by atoms with E-state index in [1.165, 1.54) is 89.9 Å². The fourth-order valence-corrected chi connectivity index (χ4v) is 3.32. The predicted molar refractivity (Wildman–Crippen MR) is 113 cm³/mol. The molecule has 1 unspecified atom stereocenters. The quantitative estimate of drug-likeness (QED) is 0.139. The minimum atomic E-state index is -1.19. The van der Waals surface area contributed by atoms with Crippen LogP contribution >= 0.6 is 0 Å². The van der Waals surface area contributed by atoms with Crippen LogP contribution in [-0.2, 0) is 36.7 Å². The second-order valence-corrected chi connectivity index (χ2v) is 7.99. The summed E-state index contributed by atoms with van der Waals surface area (Å²) in [4.78, 5) is 21.9. The normalized spacial score (nSPS) is 11.7. The zero-order valence-electron chi connectivity index (χ0n) is 18.5. The molecule has 0 rings (SSSR count). The van der Waals surface area contributed by atoms with Gasteiger partial charge in [0, 0.05) is 5.97 Å². The molecule has 0 radical (unpaired) electrons. The predicted octanol–water partition coefficient (Wildman–Crippen LogP) is 4.65. The molecular formula is C23H44AgNO4. The van der Waals surface area contributed by atoms with E-state index in [1.807, 2.05) is 0 Å². The molecule has 0 aliphatic rings. The van der Waals surface area contributed by atoms with Gasteiger partial charge < -0.3 is 20.4 Å². The van der Waals surface area contributed by atoms with Gasteiger partial charge in [0.05, 0.1) is 6.61 Å². The van der Waals surface area contributed by atoms with Gasteiger partial charge in [0.2, 0.25) is 0 Å². The standard InChI is InChI=1S/C23H45NO4.Ag/c1-2-3-4-5-6-7-8-9-10-11-12-13-14-15-16-17-20-28-23(27)21(24)18-19-22(25)26;/h21H,2-20,24H2,1H3,(H,25,26);/q;+1/p-1. The van der Waals surface area contributed by atoms with Crippen LogP contribution in [0.1, 0.15) is 122 Å². The Morgan fingerprint density at radius 1 is 0.759 bits per heavy atom. The topological polar surface area (TPSA) is 92.5 Å². The summed E-state index contributed by atoms with van der Waals surface area (Å²) in [6, 6.07) is -0.862. The summed E-state index contributed by atoms with van der Waals surface area (Å²) < 4.78 is 5.08. The summed E-state index contributed by atoms with van der Waals surface area (Å²) >= 11 is 0. The molecule has 5 nitrogen and oxygen atoms in total.